The van der Waals surface area contributed by atoms with Crippen molar-refractivity contribution in [2.45, 2.75) is 115 Å². The van der Waals surface area contributed by atoms with Gasteiger partial charge in [0.25, 0.3) is 5.91 Å². The molecule has 69 heavy (non-hydrogen) atoms. The van der Waals surface area contributed by atoms with Crippen molar-refractivity contribution in [2.75, 3.05) is 14.2 Å². The summed E-state index contributed by atoms with van der Waals surface area (Å²) in [5, 5.41) is 31.7. The van der Waals surface area contributed by atoms with Gasteiger partial charge in [0.05, 0.1) is 29.1 Å². The van der Waals surface area contributed by atoms with Crippen molar-refractivity contribution in [2.24, 2.45) is 16.7 Å². The number of rotatable bonds is 14. The molecular weight excluding hydrogens is 893 g/mol. The molecule has 0 unspecified atom stereocenters. The Morgan fingerprint density at radius 1 is 0.812 bits per heavy atom. The van der Waals surface area contributed by atoms with E-state index in [1.165, 1.54) is 53.3 Å². The third kappa shape index (κ3) is 9.80. The van der Waals surface area contributed by atoms with Crippen LogP contribution in [0.5, 0.6) is 0 Å². The minimum absolute atomic E-state index is 0.0350. The predicted octanol–water partition coefficient (Wildman–Crippen LogP) is 4.66. The average Bonchev–Trinajstić information content (AvgIpc) is 3.31. The SMILES string of the molecule is CN/C=C\C(=O)O[C@@H](C(=O)O[C@H]1C[C@@]2(O)[C@@H](OC(=O)c3ccccc3)[C@@H]3[C@@](C)(OC(C)=O)[C@H](OC)C[C@H](O)[C@@]3(C)C(=O)[C@H](OC(C)=O)C(=C1C)C2(C)C)[C@@H](NC(=O)c1ccccc1)c1ccccc1. The minimum Gasteiger partial charge on any atom is -0.456 e. The van der Waals surface area contributed by atoms with Gasteiger partial charge in [0.2, 0.25) is 6.10 Å². The second-order valence-corrected chi connectivity index (χ2v) is 18.5. The van der Waals surface area contributed by atoms with E-state index in [9.17, 15) is 34.2 Å². The van der Waals surface area contributed by atoms with Crippen LogP contribution in [0.2, 0.25) is 0 Å². The maximum Gasteiger partial charge on any atom is 0.350 e. The smallest absolute Gasteiger partial charge is 0.350 e. The van der Waals surface area contributed by atoms with Gasteiger partial charge in [0.1, 0.15) is 29.5 Å². The number of methoxy groups -OCH3 is 1. The molecule has 0 heterocycles. The molecule has 4 N–H and O–H groups in total. The number of benzene rings is 3. The third-order valence-electron chi connectivity index (χ3n) is 14.1. The molecule has 2 saturated carbocycles. The van der Waals surface area contributed by atoms with Crippen LogP contribution in [0.3, 0.4) is 0 Å². The molecule has 2 bridgehead atoms. The van der Waals surface area contributed by atoms with Gasteiger partial charge in [-0.1, -0.05) is 80.6 Å². The highest BCUT2D eigenvalue weighted by atomic mass is 16.6. The van der Waals surface area contributed by atoms with E-state index >= 15 is 9.59 Å². The third-order valence-corrected chi connectivity index (χ3v) is 14.1. The summed E-state index contributed by atoms with van der Waals surface area (Å²) in [6.45, 7) is 9.61. The first-order valence-corrected chi connectivity index (χ1v) is 22.5. The molecule has 0 radical (unpaired) electrons. The Morgan fingerprint density at radius 3 is 1.94 bits per heavy atom. The summed E-state index contributed by atoms with van der Waals surface area (Å²) in [5.41, 5.74) is -7.68. The molecular formula is C52H60N2O15. The van der Waals surface area contributed by atoms with Crippen LogP contribution >= 0.6 is 0 Å². The van der Waals surface area contributed by atoms with Gasteiger partial charge >= 0.3 is 29.8 Å². The Hall–Kier alpha value is -6.69. The molecule has 3 aliphatic rings. The van der Waals surface area contributed by atoms with Gasteiger partial charge in [-0.3, -0.25) is 19.2 Å². The number of hydrogen-bond donors (Lipinski definition) is 4. The number of esters is 5. The lowest BCUT2D eigenvalue weighted by Gasteiger charge is -2.64. The Morgan fingerprint density at radius 2 is 1.39 bits per heavy atom. The Balaban J connectivity index is 1.60. The minimum atomic E-state index is -2.49. The molecule has 1 amide bonds. The van der Waals surface area contributed by atoms with Gasteiger partial charge in [-0.05, 0) is 61.7 Å². The molecule has 17 nitrogen and oxygen atoms in total. The van der Waals surface area contributed by atoms with Crippen molar-refractivity contribution in [3.8, 4) is 0 Å². The van der Waals surface area contributed by atoms with E-state index in [1.54, 1.807) is 92.7 Å². The number of amides is 1. The van der Waals surface area contributed by atoms with Crippen LogP contribution in [-0.4, -0.2) is 114 Å². The van der Waals surface area contributed by atoms with Gasteiger partial charge in [-0.2, -0.15) is 0 Å². The number of Topliss-reactive ketones (excluding diaryl/α,β-unsaturated/α-hetero) is 1. The zero-order valence-corrected chi connectivity index (χ0v) is 40.0. The van der Waals surface area contributed by atoms with E-state index in [4.69, 9.17) is 28.4 Å². The van der Waals surface area contributed by atoms with Crippen molar-refractivity contribution in [1.82, 2.24) is 10.6 Å². The van der Waals surface area contributed by atoms with E-state index in [2.05, 4.69) is 10.6 Å². The average molecular weight is 953 g/mol. The molecule has 3 aliphatic carbocycles. The predicted molar refractivity (Wildman–Crippen MR) is 246 cm³/mol. The van der Waals surface area contributed by atoms with Gasteiger partial charge < -0.3 is 49.3 Å². The van der Waals surface area contributed by atoms with Crippen LogP contribution < -0.4 is 10.6 Å². The fourth-order valence-electron chi connectivity index (χ4n) is 10.6. The number of aliphatic hydroxyl groups is 2. The van der Waals surface area contributed by atoms with Gasteiger partial charge in [-0.15, -0.1) is 0 Å². The standard InChI is InChI=1S/C52H60N2O15/c1-29-35(66-48(62)42(67-38(58)25-26-53-8)40(32-19-13-10-14-20-32)54-46(60)33-21-15-11-16-22-33)28-52(63)45(68-47(61)34-23-17-12-18-24-34)43-50(6,36(57)27-37(64-9)51(43,7)69-31(3)56)44(59)41(65-30(2)55)39(29)49(52,4)5/h10-26,35-37,40-43,45,53,57,63H,27-28H2,1-9H3,(H,54,60)/b26-25-/t35-,36-,37+,40-,41+,42+,43-,45-,50+,51-,52+/m0/s1. The van der Waals surface area contributed by atoms with E-state index in [0.717, 1.165) is 19.9 Å². The topological polar surface area (TPSA) is 239 Å². The van der Waals surface area contributed by atoms with Gasteiger partial charge in [0, 0.05) is 64.1 Å². The fraction of sp³-hybridized carbons (Fsp3) is 0.442. The van der Waals surface area contributed by atoms with Crippen molar-refractivity contribution < 1.29 is 72.2 Å². The van der Waals surface area contributed by atoms with E-state index in [-0.39, 0.29) is 28.7 Å². The molecule has 17 heteroatoms. The Labute approximate surface area is 400 Å². The number of aliphatic hydroxyl groups excluding tert-OH is 1. The lowest BCUT2D eigenvalue weighted by Crippen LogP contribution is -2.77. The highest BCUT2D eigenvalue weighted by Gasteiger charge is 2.75. The van der Waals surface area contributed by atoms with Crippen molar-refractivity contribution in [1.29, 1.82) is 0 Å². The van der Waals surface area contributed by atoms with Crippen LogP contribution in [0.15, 0.2) is 114 Å². The number of carbonyl (C=O) groups excluding carboxylic acids is 7. The highest BCUT2D eigenvalue weighted by molar-refractivity contribution is 5.96. The molecule has 0 saturated heterocycles. The summed E-state index contributed by atoms with van der Waals surface area (Å²) in [6, 6.07) is 22.7. The fourth-order valence-corrected chi connectivity index (χ4v) is 10.6. The van der Waals surface area contributed by atoms with Crippen LogP contribution in [0.25, 0.3) is 0 Å². The van der Waals surface area contributed by atoms with Crippen molar-refractivity contribution in [3.63, 3.8) is 0 Å². The molecule has 368 valence electrons. The molecule has 11 atom stereocenters. The normalized spacial score (nSPS) is 29.2. The monoisotopic (exact) mass is 952 g/mol. The zero-order valence-electron chi connectivity index (χ0n) is 40.0. The maximum atomic E-state index is 15.7. The molecule has 0 spiro atoms. The molecule has 2 fully saturated rings. The maximum absolute atomic E-state index is 15.7. The zero-order chi connectivity index (χ0) is 50.6. The number of hydrogen-bond acceptors (Lipinski definition) is 16. The largest absolute Gasteiger partial charge is 0.456 e. The molecule has 0 aromatic heterocycles. The first-order chi connectivity index (χ1) is 32.6. The summed E-state index contributed by atoms with van der Waals surface area (Å²) in [6.07, 6.45) is -8.76. The lowest BCUT2D eigenvalue weighted by atomic mass is 9.45. The molecule has 6 rings (SSSR count). The van der Waals surface area contributed by atoms with E-state index in [0.29, 0.717) is 5.56 Å². The summed E-state index contributed by atoms with van der Waals surface area (Å²) < 4.78 is 36.5. The highest BCUT2D eigenvalue weighted by Crippen LogP contribution is 2.63. The summed E-state index contributed by atoms with van der Waals surface area (Å²) in [4.78, 5) is 98.9. The first-order valence-electron chi connectivity index (χ1n) is 22.5. The van der Waals surface area contributed by atoms with Crippen LogP contribution in [0.1, 0.15) is 93.6 Å². The van der Waals surface area contributed by atoms with Crippen LogP contribution in [0, 0.1) is 16.7 Å². The molecule has 3 aromatic carbocycles. The van der Waals surface area contributed by atoms with Gasteiger partial charge in [-0.25, -0.2) is 14.4 Å². The lowest BCUT2D eigenvalue weighted by molar-refractivity contribution is -0.282. The number of carbonyl (C=O) groups is 7. The number of ether oxygens (including phenoxy) is 6. The van der Waals surface area contributed by atoms with Crippen LogP contribution in [0.4, 0.5) is 0 Å². The summed E-state index contributed by atoms with van der Waals surface area (Å²) in [5.74, 6) is -8.18. The van der Waals surface area contributed by atoms with Crippen molar-refractivity contribution >= 4 is 41.5 Å². The summed E-state index contributed by atoms with van der Waals surface area (Å²) in [7, 11) is 2.84. The van der Waals surface area contributed by atoms with Crippen LogP contribution in [-0.2, 0) is 52.4 Å². The quantitative estimate of drug-likeness (QED) is 0.0744. The number of nitrogens with one attached hydrogen (secondary N) is 2. The number of fused-ring (bicyclic) bond motifs is 3. The molecule has 0 aliphatic heterocycles. The second-order valence-electron chi connectivity index (χ2n) is 18.5. The number of ketones is 1. The van der Waals surface area contributed by atoms with E-state index < -0.39 is 119 Å². The van der Waals surface area contributed by atoms with Gasteiger partial charge in [0.15, 0.2) is 11.9 Å². The van der Waals surface area contributed by atoms with E-state index in [1.807, 2.05) is 0 Å². The van der Waals surface area contributed by atoms with Crippen molar-refractivity contribution in [3.05, 3.63) is 131 Å². The molecule has 3 aromatic rings. The Bertz CT molecular complexity index is 2490. The second kappa shape index (κ2) is 20.5. The first kappa shape index (κ1) is 51.7. The Kier molecular flexibility index (Phi) is 15.4. The summed E-state index contributed by atoms with van der Waals surface area (Å²) >= 11 is 0.